The maximum Gasteiger partial charge on any atom is 0.416 e. The van der Waals surface area contributed by atoms with Crippen LogP contribution < -0.4 is 10.1 Å². The Balaban J connectivity index is 1.46. The Morgan fingerprint density at radius 1 is 1.03 bits per heavy atom. The number of nitrogens with one attached hydrogen (secondary N) is 1. The van der Waals surface area contributed by atoms with Gasteiger partial charge >= 0.3 is 6.18 Å². The molecule has 1 saturated heterocycles. The van der Waals surface area contributed by atoms with Gasteiger partial charge in [0, 0.05) is 38.3 Å². The van der Waals surface area contributed by atoms with Gasteiger partial charge < -0.3 is 19.9 Å². The average Bonchev–Trinajstić information content (AvgIpc) is 2.76. The summed E-state index contributed by atoms with van der Waals surface area (Å²) in [6, 6.07) is 11.3. The highest BCUT2D eigenvalue weighted by molar-refractivity contribution is 5.94. The highest BCUT2D eigenvalue weighted by Gasteiger charge is 2.30. The lowest BCUT2D eigenvalue weighted by atomic mass is 10.1. The fourth-order valence-corrected chi connectivity index (χ4v) is 3.12. The minimum atomic E-state index is -4.47. The molecule has 0 aliphatic carbocycles. The van der Waals surface area contributed by atoms with Crippen molar-refractivity contribution in [2.24, 2.45) is 0 Å². The van der Waals surface area contributed by atoms with E-state index in [0.29, 0.717) is 18.7 Å². The van der Waals surface area contributed by atoms with Crippen LogP contribution >= 0.6 is 0 Å². The predicted octanol–water partition coefficient (Wildman–Crippen LogP) is 2.79. The zero-order valence-electron chi connectivity index (χ0n) is 17.1. The van der Waals surface area contributed by atoms with E-state index >= 15 is 0 Å². The third-order valence-electron chi connectivity index (χ3n) is 5.01. The van der Waals surface area contributed by atoms with Crippen LogP contribution in [0.3, 0.4) is 0 Å². The standard InChI is InChI=1S/C22H24F3N3O3/c1-27-9-11-28(12-10-27)21(30)17-7-5-16(6-8-17)14-26-20(29)15-31-19-4-2-3-18(13-19)22(23,24)25/h2-8,13H,9-12,14-15H2,1H3,(H,26,29). The number of benzene rings is 2. The summed E-state index contributed by atoms with van der Waals surface area (Å²) in [6.45, 7) is 2.89. The summed E-state index contributed by atoms with van der Waals surface area (Å²) in [7, 11) is 2.02. The molecular formula is C22H24F3N3O3. The van der Waals surface area contributed by atoms with Crippen molar-refractivity contribution in [1.82, 2.24) is 15.1 Å². The molecule has 1 heterocycles. The van der Waals surface area contributed by atoms with Crippen LogP contribution in [0.15, 0.2) is 48.5 Å². The number of carbonyl (C=O) groups is 2. The SMILES string of the molecule is CN1CCN(C(=O)c2ccc(CNC(=O)COc3cccc(C(F)(F)F)c3)cc2)CC1. The number of halogens is 3. The lowest BCUT2D eigenvalue weighted by Crippen LogP contribution is -2.47. The second kappa shape index (κ2) is 9.82. The van der Waals surface area contributed by atoms with E-state index in [1.54, 1.807) is 24.3 Å². The lowest BCUT2D eigenvalue weighted by Gasteiger charge is -2.32. The van der Waals surface area contributed by atoms with Crippen LogP contribution in [0.5, 0.6) is 5.75 Å². The van der Waals surface area contributed by atoms with E-state index in [1.165, 1.54) is 12.1 Å². The number of likely N-dealkylation sites (N-methyl/N-ethyl adjacent to an activating group) is 1. The van der Waals surface area contributed by atoms with E-state index in [0.717, 1.165) is 30.8 Å². The lowest BCUT2D eigenvalue weighted by molar-refractivity contribution is -0.137. The van der Waals surface area contributed by atoms with E-state index in [4.69, 9.17) is 4.74 Å². The van der Waals surface area contributed by atoms with Crippen molar-refractivity contribution >= 4 is 11.8 Å². The van der Waals surface area contributed by atoms with Gasteiger partial charge in [0.2, 0.25) is 0 Å². The predicted molar refractivity (Wildman–Crippen MR) is 109 cm³/mol. The van der Waals surface area contributed by atoms with E-state index in [-0.39, 0.29) is 18.2 Å². The Morgan fingerprint density at radius 3 is 2.35 bits per heavy atom. The number of hydrogen-bond acceptors (Lipinski definition) is 4. The smallest absolute Gasteiger partial charge is 0.416 e. The molecule has 3 rings (SSSR count). The van der Waals surface area contributed by atoms with Crippen molar-refractivity contribution in [3.8, 4) is 5.75 Å². The van der Waals surface area contributed by atoms with Crippen LogP contribution in [0, 0.1) is 0 Å². The van der Waals surface area contributed by atoms with Crippen LogP contribution in [-0.2, 0) is 17.5 Å². The highest BCUT2D eigenvalue weighted by Crippen LogP contribution is 2.31. The molecule has 0 spiro atoms. The molecule has 2 aromatic carbocycles. The Labute approximate surface area is 178 Å². The molecule has 0 aromatic heterocycles. The molecule has 0 radical (unpaired) electrons. The van der Waals surface area contributed by atoms with Gasteiger partial charge in [-0.15, -0.1) is 0 Å². The van der Waals surface area contributed by atoms with Crippen LogP contribution in [-0.4, -0.2) is 61.4 Å². The minimum Gasteiger partial charge on any atom is -0.484 e. The van der Waals surface area contributed by atoms with Gasteiger partial charge in [-0.3, -0.25) is 9.59 Å². The summed E-state index contributed by atoms with van der Waals surface area (Å²) in [4.78, 5) is 28.5. The molecule has 1 aliphatic rings. The molecule has 6 nitrogen and oxygen atoms in total. The number of piperazine rings is 1. The summed E-state index contributed by atoms with van der Waals surface area (Å²) in [5.41, 5.74) is 0.548. The monoisotopic (exact) mass is 435 g/mol. The summed E-state index contributed by atoms with van der Waals surface area (Å²) in [5, 5.41) is 2.64. The van der Waals surface area contributed by atoms with Crippen LogP contribution in [0.25, 0.3) is 0 Å². The second-order valence-electron chi connectivity index (χ2n) is 7.38. The van der Waals surface area contributed by atoms with Gasteiger partial charge in [-0.25, -0.2) is 0 Å². The van der Waals surface area contributed by atoms with Crippen LogP contribution in [0.2, 0.25) is 0 Å². The molecule has 1 N–H and O–H groups in total. The third kappa shape index (κ3) is 6.45. The van der Waals surface area contributed by atoms with Gasteiger partial charge in [0.1, 0.15) is 5.75 Å². The van der Waals surface area contributed by atoms with Crippen LogP contribution in [0.1, 0.15) is 21.5 Å². The van der Waals surface area contributed by atoms with Crippen molar-refractivity contribution in [1.29, 1.82) is 0 Å². The maximum atomic E-state index is 12.7. The summed E-state index contributed by atoms with van der Waals surface area (Å²) >= 11 is 0. The molecule has 9 heteroatoms. The zero-order valence-corrected chi connectivity index (χ0v) is 17.1. The Bertz CT molecular complexity index is 908. The van der Waals surface area contributed by atoms with Crippen molar-refractivity contribution in [2.45, 2.75) is 12.7 Å². The summed E-state index contributed by atoms with van der Waals surface area (Å²) < 4.78 is 43.3. The highest BCUT2D eigenvalue weighted by atomic mass is 19.4. The fourth-order valence-electron chi connectivity index (χ4n) is 3.12. The first-order valence-electron chi connectivity index (χ1n) is 9.86. The van der Waals surface area contributed by atoms with Crippen molar-refractivity contribution in [3.05, 3.63) is 65.2 Å². The molecule has 2 amide bonds. The number of ether oxygens (including phenoxy) is 1. The van der Waals surface area contributed by atoms with E-state index in [1.807, 2.05) is 11.9 Å². The largest absolute Gasteiger partial charge is 0.484 e. The average molecular weight is 435 g/mol. The number of amides is 2. The van der Waals surface area contributed by atoms with Crippen molar-refractivity contribution in [2.75, 3.05) is 39.8 Å². The topological polar surface area (TPSA) is 61.9 Å². The van der Waals surface area contributed by atoms with Crippen LogP contribution in [0.4, 0.5) is 13.2 Å². The molecule has 0 atom stereocenters. The molecule has 1 aliphatic heterocycles. The molecule has 0 unspecified atom stereocenters. The first-order valence-corrected chi connectivity index (χ1v) is 9.86. The number of hydrogen-bond donors (Lipinski definition) is 1. The van der Waals surface area contributed by atoms with Gasteiger partial charge in [0.15, 0.2) is 6.61 Å². The molecular weight excluding hydrogens is 411 g/mol. The number of alkyl halides is 3. The maximum absolute atomic E-state index is 12.7. The Hall–Kier alpha value is -3.07. The second-order valence-corrected chi connectivity index (χ2v) is 7.38. The van der Waals surface area contributed by atoms with Gasteiger partial charge in [-0.1, -0.05) is 18.2 Å². The summed E-state index contributed by atoms with van der Waals surface area (Å²) in [5.74, 6) is -0.509. The quantitative estimate of drug-likeness (QED) is 0.758. The van der Waals surface area contributed by atoms with Gasteiger partial charge in [-0.2, -0.15) is 13.2 Å². The minimum absolute atomic E-state index is 0.0156. The molecule has 31 heavy (non-hydrogen) atoms. The molecule has 1 fully saturated rings. The van der Waals surface area contributed by atoms with E-state index in [2.05, 4.69) is 10.2 Å². The van der Waals surface area contributed by atoms with Gasteiger partial charge in [-0.05, 0) is 42.9 Å². The molecule has 0 bridgehead atoms. The van der Waals surface area contributed by atoms with Crippen molar-refractivity contribution < 1.29 is 27.5 Å². The number of rotatable bonds is 6. The Kier molecular flexibility index (Phi) is 7.17. The zero-order chi connectivity index (χ0) is 22.4. The first kappa shape index (κ1) is 22.6. The number of carbonyl (C=O) groups excluding carboxylic acids is 2. The first-order chi connectivity index (χ1) is 14.7. The Morgan fingerprint density at radius 2 is 1.71 bits per heavy atom. The van der Waals surface area contributed by atoms with E-state index < -0.39 is 24.3 Å². The molecule has 2 aromatic rings. The van der Waals surface area contributed by atoms with Crippen molar-refractivity contribution in [3.63, 3.8) is 0 Å². The van der Waals surface area contributed by atoms with Gasteiger partial charge in [0.25, 0.3) is 11.8 Å². The van der Waals surface area contributed by atoms with Gasteiger partial charge in [0.05, 0.1) is 5.56 Å². The van der Waals surface area contributed by atoms with E-state index in [9.17, 15) is 22.8 Å². The number of nitrogens with zero attached hydrogens (tertiary/aromatic N) is 2. The third-order valence-corrected chi connectivity index (χ3v) is 5.01. The molecule has 0 saturated carbocycles. The molecule has 166 valence electrons. The summed E-state index contributed by atoms with van der Waals surface area (Å²) in [6.07, 6.45) is -4.47. The normalized spacial score (nSPS) is 14.9. The fraction of sp³-hybridized carbons (Fsp3) is 0.364.